The number of hydrogen-bond donors (Lipinski definition) is 4. The van der Waals surface area contributed by atoms with E-state index >= 15 is 0 Å². The Morgan fingerprint density at radius 2 is 1.48 bits per heavy atom. The van der Waals surface area contributed by atoms with Gasteiger partial charge >= 0.3 is 18.2 Å². The Balaban J connectivity index is 1.37. The first kappa shape index (κ1) is 35.5. The molecule has 0 heterocycles. The van der Waals surface area contributed by atoms with E-state index in [-0.39, 0.29) is 30.6 Å². The molecule has 4 aliphatic carbocycles. The fourth-order valence-electron chi connectivity index (χ4n) is 7.76. The molecule has 0 aromatic heterocycles. The second-order valence-corrected chi connectivity index (χ2v) is 15.6. The summed E-state index contributed by atoms with van der Waals surface area (Å²) in [5, 5.41) is 12.5. The van der Waals surface area contributed by atoms with E-state index in [4.69, 9.17) is 14.2 Å². The fraction of sp³-hybridized carbons (Fsp3) is 0.714. The van der Waals surface area contributed by atoms with Crippen LogP contribution in [-0.4, -0.2) is 65.5 Å². The molecule has 256 valence electrons. The third kappa shape index (κ3) is 10.9. The summed E-state index contributed by atoms with van der Waals surface area (Å²) in [4.78, 5) is 51.4. The molecule has 1 aromatic rings. The molecule has 46 heavy (non-hydrogen) atoms. The van der Waals surface area contributed by atoms with E-state index in [0.717, 1.165) is 44.1 Å². The number of hydrogen-bond acceptors (Lipinski definition) is 8. The van der Waals surface area contributed by atoms with Gasteiger partial charge in [-0.05, 0) is 117 Å². The second kappa shape index (κ2) is 14.6. The molecule has 3 amide bonds. The second-order valence-electron chi connectivity index (χ2n) is 15.6. The van der Waals surface area contributed by atoms with E-state index < -0.39 is 35.0 Å². The number of carbonyl (C=O) groups is 4. The zero-order valence-corrected chi connectivity index (χ0v) is 28.5. The van der Waals surface area contributed by atoms with E-state index in [1.165, 1.54) is 0 Å². The van der Waals surface area contributed by atoms with Crippen LogP contribution in [0.2, 0.25) is 0 Å². The zero-order valence-electron chi connectivity index (χ0n) is 28.5. The fourth-order valence-corrected chi connectivity index (χ4v) is 7.76. The third-order valence-electron chi connectivity index (χ3n) is 8.89. The molecule has 4 bridgehead atoms. The summed E-state index contributed by atoms with van der Waals surface area (Å²) in [5.74, 6) is 0.393. The van der Waals surface area contributed by atoms with Gasteiger partial charge in [-0.15, -0.1) is 0 Å². The molecular weight excluding hydrogens is 588 g/mol. The van der Waals surface area contributed by atoms with Gasteiger partial charge in [0, 0.05) is 17.6 Å². The molecule has 4 fully saturated rings. The molecule has 0 radical (unpaired) electrons. The molecule has 0 spiro atoms. The summed E-state index contributed by atoms with van der Waals surface area (Å²) < 4.78 is 16.3. The highest BCUT2D eigenvalue weighted by molar-refractivity contribution is 5.86. The minimum atomic E-state index is -0.802. The van der Waals surface area contributed by atoms with Crippen LogP contribution in [-0.2, 0) is 30.4 Å². The van der Waals surface area contributed by atoms with Crippen molar-refractivity contribution < 1.29 is 33.4 Å². The van der Waals surface area contributed by atoms with Crippen LogP contribution in [0.3, 0.4) is 0 Å². The quantitative estimate of drug-likeness (QED) is 0.132. The molecule has 11 nitrogen and oxygen atoms in total. The smallest absolute Gasteiger partial charge is 0.408 e. The van der Waals surface area contributed by atoms with Crippen LogP contribution >= 0.6 is 0 Å². The van der Waals surface area contributed by atoms with E-state index in [1.54, 1.807) is 20.8 Å². The van der Waals surface area contributed by atoms with Gasteiger partial charge in [0.2, 0.25) is 5.91 Å². The first-order valence-corrected chi connectivity index (χ1v) is 16.8. The van der Waals surface area contributed by atoms with Gasteiger partial charge in [0.1, 0.15) is 23.9 Å². The lowest BCUT2D eigenvalue weighted by Crippen LogP contribution is -2.70. The molecule has 11 heteroatoms. The summed E-state index contributed by atoms with van der Waals surface area (Å²) in [5.41, 5.74) is -0.929. The van der Waals surface area contributed by atoms with Gasteiger partial charge in [0.15, 0.2) is 0 Å². The maximum absolute atomic E-state index is 13.9. The molecule has 0 saturated heterocycles. The van der Waals surface area contributed by atoms with Crippen molar-refractivity contribution in [3.63, 3.8) is 0 Å². The lowest BCUT2D eigenvalue weighted by Gasteiger charge is -2.62. The van der Waals surface area contributed by atoms with Crippen molar-refractivity contribution in [2.45, 2.75) is 134 Å². The summed E-state index contributed by atoms with van der Waals surface area (Å²) in [7, 11) is 0. The van der Waals surface area contributed by atoms with Crippen molar-refractivity contribution in [3.05, 3.63) is 35.9 Å². The Labute approximate surface area is 273 Å². The van der Waals surface area contributed by atoms with Crippen molar-refractivity contribution in [1.82, 2.24) is 21.3 Å². The highest BCUT2D eigenvalue weighted by Gasteiger charge is 2.58. The molecule has 2 unspecified atom stereocenters. The van der Waals surface area contributed by atoms with E-state index in [1.807, 2.05) is 51.1 Å². The number of carbonyl (C=O) groups excluding carboxylic acids is 4. The minimum Gasteiger partial charge on any atom is -0.459 e. The average molecular weight is 643 g/mol. The van der Waals surface area contributed by atoms with Crippen LogP contribution in [0.5, 0.6) is 0 Å². The number of nitrogens with one attached hydrogen (secondary N) is 4. The number of rotatable bonds is 13. The van der Waals surface area contributed by atoms with Gasteiger partial charge < -0.3 is 35.5 Å². The van der Waals surface area contributed by atoms with Crippen LogP contribution in [0.25, 0.3) is 0 Å². The van der Waals surface area contributed by atoms with Gasteiger partial charge in [-0.1, -0.05) is 30.3 Å². The molecule has 1 aromatic carbocycles. The number of alkyl carbamates (subject to hydrolysis) is 2. The standard InChI is InChI=1S/C35H54N4O7/c1-32(2,3)45-28(40)21-37-34-17-25-16-26(18-34)20-35(19-25,23-34)39-29(41)27(14-10-11-15-36-30(42)46-33(4,5)6)38-31(43)44-22-24-12-8-7-9-13-24/h7-9,12-13,25-27,37H,10-11,14-23H2,1-6H3,(H,36,42)(H,38,43)(H,39,41)/t25-,26+,27-,34?,35?/m0/s1. The molecule has 4 saturated carbocycles. The van der Waals surface area contributed by atoms with Gasteiger partial charge in [-0.2, -0.15) is 0 Å². The highest BCUT2D eigenvalue weighted by Crippen LogP contribution is 2.57. The number of benzene rings is 1. The molecular formula is C35H54N4O7. The maximum atomic E-state index is 13.9. The van der Waals surface area contributed by atoms with Crippen molar-refractivity contribution in [2.24, 2.45) is 11.8 Å². The van der Waals surface area contributed by atoms with Crippen molar-refractivity contribution in [3.8, 4) is 0 Å². The summed E-state index contributed by atoms with van der Waals surface area (Å²) in [6.07, 6.45) is 6.02. The number of esters is 1. The Bertz CT molecular complexity index is 1210. The van der Waals surface area contributed by atoms with E-state index in [9.17, 15) is 19.2 Å². The van der Waals surface area contributed by atoms with Crippen molar-refractivity contribution in [2.75, 3.05) is 13.1 Å². The van der Waals surface area contributed by atoms with Gasteiger partial charge in [-0.3, -0.25) is 9.59 Å². The Morgan fingerprint density at radius 3 is 2.11 bits per heavy atom. The van der Waals surface area contributed by atoms with Crippen LogP contribution in [0, 0.1) is 11.8 Å². The van der Waals surface area contributed by atoms with Gasteiger partial charge in [0.05, 0.1) is 6.54 Å². The maximum Gasteiger partial charge on any atom is 0.408 e. The monoisotopic (exact) mass is 642 g/mol. The van der Waals surface area contributed by atoms with Crippen LogP contribution in [0.1, 0.15) is 105 Å². The van der Waals surface area contributed by atoms with Crippen molar-refractivity contribution >= 4 is 24.1 Å². The van der Waals surface area contributed by atoms with Crippen LogP contribution < -0.4 is 21.3 Å². The normalized spacial score (nSPS) is 25.7. The predicted octanol–water partition coefficient (Wildman–Crippen LogP) is 5.12. The lowest BCUT2D eigenvalue weighted by atomic mass is 9.50. The summed E-state index contributed by atoms with van der Waals surface area (Å²) >= 11 is 0. The first-order valence-electron chi connectivity index (χ1n) is 16.8. The Hall–Kier alpha value is -3.34. The first-order chi connectivity index (χ1) is 21.5. The van der Waals surface area contributed by atoms with Crippen LogP contribution in [0.4, 0.5) is 9.59 Å². The van der Waals surface area contributed by atoms with Gasteiger partial charge in [-0.25, -0.2) is 9.59 Å². The summed E-state index contributed by atoms with van der Waals surface area (Å²) in [6, 6.07) is 8.58. The minimum absolute atomic E-state index is 0.0972. The number of amides is 3. The molecule has 5 rings (SSSR count). The SMILES string of the molecule is CC(C)(C)OC(=O)CNC12C[C@H]3C[C@@H](C1)CC(NC(=O)[C@H](CCCCNC(=O)OC(C)(C)C)NC(=O)OCc1ccccc1)(C3)C2. The lowest BCUT2D eigenvalue weighted by molar-refractivity contribution is -0.155. The van der Waals surface area contributed by atoms with Gasteiger partial charge in [0.25, 0.3) is 0 Å². The Kier molecular flexibility index (Phi) is 11.3. The molecule has 5 atom stereocenters. The third-order valence-corrected chi connectivity index (χ3v) is 8.89. The topological polar surface area (TPSA) is 144 Å². The van der Waals surface area contributed by atoms with Crippen LogP contribution in [0.15, 0.2) is 30.3 Å². The van der Waals surface area contributed by atoms with E-state index in [0.29, 0.717) is 37.6 Å². The highest BCUT2D eigenvalue weighted by atomic mass is 16.6. The zero-order chi connectivity index (χ0) is 33.6. The molecule has 4 N–H and O–H groups in total. The molecule has 0 aliphatic heterocycles. The largest absolute Gasteiger partial charge is 0.459 e. The van der Waals surface area contributed by atoms with Crippen molar-refractivity contribution in [1.29, 1.82) is 0 Å². The predicted molar refractivity (Wildman–Crippen MR) is 174 cm³/mol. The van der Waals surface area contributed by atoms with E-state index in [2.05, 4.69) is 21.3 Å². The molecule has 4 aliphatic rings. The average Bonchev–Trinajstić information content (AvgIpc) is 2.92. The number of unbranched alkanes of at least 4 members (excludes halogenated alkanes) is 1. The Morgan fingerprint density at radius 1 is 0.848 bits per heavy atom. The number of ether oxygens (including phenoxy) is 3. The summed E-state index contributed by atoms with van der Waals surface area (Å²) in [6.45, 7) is 11.6.